The molecule has 356 valence electrons. The molecule has 5 aromatic rings. The molecule has 27 nitrogen and oxygen atoms in total. The van der Waals surface area contributed by atoms with Gasteiger partial charge in [-0.1, -0.05) is 0 Å². The first-order valence-electron chi connectivity index (χ1n) is 18.6. The Morgan fingerprint density at radius 2 is 1.01 bits per heavy atom. The highest BCUT2D eigenvalue weighted by atomic mass is 16.7. The molecule has 0 radical (unpaired) electrons. The molecule has 27 heteroatoms. The summed E-state index contributed by atoms with van der Waals surface area (Å²) >= 11 is 0. The lowest BCUT2D eigenvalue weighted by Crippen LogP contribution is -2.62. The van der Waals surface area contributed by atoms with Gasteiger partial charge in [-0.25, -0.2) is 24.0 Å². The van der Waals surface area contributed by atoms with Crippen molar-refractivity contribution in [2.75, 3.05) is 6.61 Å². The average Bonchev–Trinajstić information content (AvgIpc) is 3.30. The molecule has 1 fully saturated rings. The highest BCUT2D eigenvalue weighted by Gasteiger charge is 2.53. The van der Waals surface area contributed by atoms with Crippen molar-refractivity contribution in [2.24, 2.45) is 0 Å². The maximum Gasteiger partial charge on any atom is 0.340 e. The number of aromatic hydroxyl groups is 14. The van der Waals surface area contributed by atoms with E-state index in [0.29, 0.717) is 42.5 Å². The second kappa shape index (κ2) is 17.1. The molecule has 0 aliphatic carbocycles. The van der Waals surface area contributed by atoms with Crippen LogP contribution < -0.4 is 4.74 Å². The molecule has 2 aliphatic rings. The predicted molar refractivity (Wildman–Crippen MR) is 210 cm³/mol. The average molecular weight is 955 g/mol. The minimum atomic E-state index is -2.58. The summed E-state index contributed by atoms with van der Waals surface area (Å²) in [6, 6.07) is 3.49. The largest absolute Gasteiger partial charge is 0.504 e. The van der Waals surface area contributed by atoms with E-state index in [9.17, 15) is 106 Å². The highest BCUT2D eigenvalue weighted by molar-refractivity contribution is 6.08. The number of aliphatic hydroxyl groups excluding tert-OH is 1. The predicted octanol–water partition coefficient (Wildman–Crippen LogP) is 1.59. The normalized spacial score (nSPS) is 18.9. The van der Waals surface area contributed by atoms with E-state index in [2.05, 4.69) is 0 Å². The summed E-state index contributed by atoms with van der Waals surface area (Å²) in [4.78, 5) is 67.1. The molecule has 2 aliphatic heterocycles. The van der Waals surface area contributed by atoms with Gasteiger partial charge < -0.3 is 110 Å². The van der Waals surface area contributed by atoms with E-state index >= 15 is 0 Å². The number of benzene rings is 5. The number of cyclic esters (lactones) is 1. The number of carbonyl (C=O) groups excluding carboxylic acids is 4. The highest BCUT2D eigenvalue weighted by Crippen LogP contribution is 2.53. The van der Waals surface area contributed by atoms with Crippen molar-refractivity contribution in [3.63, 3.8) is 0 Å². The molecule has 0 saturated carbocycles. The molecule has 0 bridgehead atoms. The Balaban J connectivity index is 1.32. The van der Waals surface area contributed by atoms with Crippen molar-refractivity contribution < 1.29 is 134 Å². The van der Waals surface area contributed by atoms with Crippen LogP contribution in [-0.2, 0) is 23.7 Å². The van der Waals surface area contributed by atoms with Crippen molar-refractivity contribution in [1.82, 2.24) is 0 Å². The Hall–Kier alpha value is -9.63. The van der Waals surface area contributed by atoms with E-state index in [-0.39, 0.29) is 0 Å². The number of phenolic OH excluding ortho intramolecular Hbond substituents is 14. The molecule has 7 rings (SSSR count). The zero-order valence-electron chi connectivity index (χ0n) is 33.3. The van der Waals surface area contributed by atoms with Gasteiger partial charge >= 0.3 is 29.8 Å². The van der Waals surface area contributed by atoms with Gasteiger partial charge in [0.05, 0.1) is 22.3 Å². The molecule has 1 saturated heterocycles. The SMILES string of the molecule is O=C(OC1OC2COC(=O)c3cc(O)c(O)c(O)c3-c3c(cc(O)c(O)c3O)C(=O)OC2C(OC(=O)c2cc(O)c(O)c(O)c2)C1O)c1cc(O)c(O)c(Oc2c(C(=O)O)cc(O)c(O)c2O)c1. The number of carbonyl (C=O) groups is 5. The van der Waals surface area contributed by atoms with Gasteiger partial charge in [0, 0.05) is 17.2 Å². The Kier molecular flexibility index (Phi) is 11.6. The van der Waals surface area contributed by atoms with E-state index in [1.54, 1.807) is 0 Å². The molecule has 0 amide bonds. The van der Waals surface area contributed by atoms with Crippen LogP contribution in [0.1, 0.15) is 51.8 Å². The Morgan fingerprint density at radius 3 is 1.57 bits per heavy atom. The lowest BCUT2D eigenvalue weighted by atomic mass is 9.92. The standard InChI is InChI=1S/C41H30O27/c42-14-1-9(2-15(43)24(14)48)37(59)67-35-32(56)41(68-38(60)10-3-16(44)25(49)20(4-10)64-33-13(36(57)58)7-19(47)28(52)31(33)55)65-21-8-63-39(61)11-5-17(45)26(50)29(53)22(11)23-12(40(62)66-34(21)35)6-18(46)27(51)30(23)54/h1-7,21,32,34-35,41-56H,8H2,(H,57,58). The first-order valence-corrected chi connectivity index (χ1v) is 18.6. The number of fused-ring (bicyclic) bond motifs is 4. The number of esters is 4. The summed E-state index contributed by atoms with van der Waals surface area (Å²) in [5.74, 6) is -28.2. The van der Waals surface area contributed by atoms with Crippen LogP contribution in [0.25, 0.3) is 11.1 Å². The molecule has 16 N–H and O–H groups in total. The zero-order valence-corrected chi connectivity index (χ0v) is 33.3. The summed E-state index contributed by atoms with van der Waals surface area (Å²) in [7, 11) is 0. The second-order valence-electron chi connectivity index (χ2n) is 14.4. The molecule has 5 atom stereocenters. The molecular weight excluding hydrogens is 924 g/mol. The number of phenols is 14. The van der Waals surface area contributed by atoms with Crippen LogP contribution >= 0.6 is 0 Å². The number of ether oxygens (including phenoxy) is 6. The van der Waals surface area contributed by atoms with Crippen LogP contribution in [0.2, 0.25) is 0 Å². The minimum Gasteiger partial charge on any atom is -0.504 e. The van der Waals surface area contributed by atoms with E-state index in [0.717, 1.165) is 0 Å². The van der Waals surface area contributed by atoms with Crippen molar-refractivity contribution in [3.8, 4) is 103 Å². The van der Waals surface area contributed by atoms with E-state index in [1.807, 2.05) is 0 Å². The fraction of sp³-hybridized carbons (Fsp3) is 0.146. The first kappa shape index (κ1) is 46.4. The van der Waals surface area contributed by atoms with Crippen molar-refractivity contribution in [1.29, 1.82) is 0 Å². The molecule has 0 aromatic heterocycles. The van der Waals surface area contributed by atoms with Gasteiger partial charge in [-0.2, -0.15) is 0 Å². The second-order valence-corrected chi connectivity index (χ2v) is 14.4. The van der Waals surface area contributed by atoms with Gasteiger partial charge in [0.1, 0.15) is 18.3 Å². The maximum absolute atomic E-state index is 14.1. The fourth-order valence-electron chi connectivity index (χ4n) is 6.82. The lowest BCUT2D eigenvalue weighted by Gasteiger charge is -2.42. The number of hydrogen-bond acceptors (Lipinski definition) is 26. The van der Waals surface area contributed by atoms with Gasteiger partial charge in [-0.3, -0.25) is 0 Å². The number of aromatic carboxylic acids is 1. The Bertz CT molecular complexity index is 2970. The minimum absolute atomic E-state index is 0.422. The monoisotopic (exact) mass is 954 g/mol. The van der Waals surface area contributed by atoms with Crippen LogP contribution in [0, 0.1) is 0 Å². The van der Waals surface area contributed by atoms with Gasteiger partial charge in [0.15, 0.2) is 81.6 Å². The first-order chi connectivity index (χ1) is 31.9. The van der Waals surface area contributed by atoms with Crippen LogP contribution in [-0.4, -0.2) is 149 Å². The maximum atomic E-state index is 14.1. The van der Waals surface area contributed by atoms with E-state index in [4.69, 9.17) is 28.4 Å². The van der Waals surface area contributed by atoms with Gasteiger partial charge in [0.25, 0.3) is 0 Å². The van der Waals surface area contributed by atoms with Crippen LogP contribution in [0.3, 0.4) is 0 Å². The van der Waals surface area contributed by atoms with Crippen molar-refractivity contribution >= 4 is 29.8 Å². The number of carboxylic acid groups (broad SMARTS) is 1. The number of carboxylic acids is 1. The molecule has 2 heterocycles. The number of aliphatic hydroxyl groups is 1. The summed E-state index contributed by atoms with van der Waals surface area (Å²) in [6.07, 6.45) is -11.9. The molecule has 68 heavy (non-hydrogen) atoms. The third kappa shape index (κ3) is 7.96. The number of hydrogen-bond donors (Lipinski definition) is 16. The number of rotatable bonds is 7. The summed E-state index contributed by atoms with van der Waals surface area (Å²) in [6.45, 7) is -1.22. The zero-order chi connectivity index (χ0) is 50.0. The summed E-state index contributed by atoms with van der Waals surface area (Å²) < 4.78 is 32.4. The van der Waals surface area contributed by atoms with Gasteiger partial charge in [-0.05, 0) is 36.4 Å². The quantitative estimate of drug-likeness (QED) is 0.0625. The summed E-state index contributed by atoms with van der Waals surface area (Å²) in [5.41, 5.74) is -6.77. The fourth-order valence-corrected chi connectivity index (χ4v) is 6.82. The van der Waals surface area contributed by atoms with Gasteiger partial charge in [-0.15, -0.1) is 0 Å². The van der Waals surface area contributed by atoms with E-state index < -0.39 is 198 Å². The third-order valence-electron chi connectivity index (χ3n) is 10.1. The Labute approximate surface area is 374 Å². The lowest BCUT2D eigenvalue weighted by molar-refractivity contribution is -0.283. The van der Waals surface area contributed by atoms with Crippen molar-refractivity contribution in [3.05, 3.63) is 70.3 Å². The van der Waals surface area contributed by atoms with Crippen LogP contribution in [0.5, 0.6) is 92.0 Å². The molecule has 5 aromatic carbocycles. The topological polar surface area (TPSA) is 464 Å². The van der Waals surface area contributed by atoms with Crippen LogP contribution in [0.15, 0.2) is 42.5 Å². The van der Waals surface area contributed by atoms with Gasteiger partial charge in [0.2, 0.25) is 35.0 Å². The summed E-state index contributed by atoms with van der Waals surface area (Å²) in [5, 5.41) is 166. The Morgan fingerprint density at radius 1 is 0.544 bits per heavy atom. The molecular formula is C41H30O27. The molecule has 0 spiro atoms. The smallest absolute Gasteiger partial charge is 0.340 e. The van der Waals surface area contributed by atoms with Crippen molar-refractivity contribution in [2.45, 2.75) is 30.7 Å². The third-order valence-corrected chi connectivity index (χ3v) is 10.1. The van der Waals surface area contributed by atoms with E-state index in [1.165, 1.54) is 0 Å². The molecule has 5 unspecified atom stereocenters. The van der Waals surface area contributed by atoms with Crippen LogP contribution in [0.4, 0.5) is 0 Å².